The van der Waals surface area contributed by atoms with Crippen LogP contribution >= 0.6 is 23.2 Å². The molecule has 1 aliphatic heterocycles. The summed E-state index contributed by atoms with van der Waals surface area (Å²) in [4.78, 5) is 14.2. The number of carbonyl (C=O) groups excluding carboxylic acids is 1. The minimum absolute atomic E-state index is 0.0577. The van der Waals surface area contributed by atoms with Crippen LogP contribution in [0.2, 0.25) is 10.0 Å². The maximum atomic E-state index is 12.3. The molecule has 1 aliphatic rings. The highest BCUT2D eigenvalue weighted by Gasteiger charge is 2.17. The number of nitrogens with one attached hydrogen (secondary N) is 1. The van der Waals surface area contributed by atoms with Crippen molar-refractivity contribution in [1.82, 2.24) is 10.2 Å². The molecule has 7 heteroatoms. The quantitative estimate of drug-likeness (QED) is 0.803. The van der Waals surface area contributed by atoms with Gasteiger partial charge in [-0.1, -0.05) is 35.3 Å². The zero-order valence-electron chi connectivity index (χ0n) is 14.6. The van der Waals surface area contributed by atoms with Crippen molar-refractivity contribution in [2.75, 3.05) is 20.4 Å². The third kappa shape index (κ3) is 4.61. The molecule has 26 heavy (non-hydrogen) atoms. The van der Waals surface area contributed by atoms with E-state index < -0.39 is 0 Å². The average Bonchev–Trinajstić information content (AvgIpc) is 3.05. The number of hydrogen-bond donors (Lipinski definition) is 1. The molecule has 0 saturated carbocycles. The lowest BCUT2D eigenvalue weighted by Crippen LogP contribution is -2.36. The van der Waals surface area contributed by atoms with Gasteiger partial charge < -0.3 is 14.8 Å². The number of likely N-dealkylation sites (N-methyl/N-ethyl adjacent to an activating group) is 1. The number of benzene rings is 2. The Morgan fingerprint density at radius 2 is 1.92 bits per heavy atom. The van der Waals surface area contributed by atoms with Crippen LogP contribution in [-0.2, 0) is 11.3 Å². The van der Waals surface area contributed by atoms with Gasteiger partial charge >= 0.3 is 0 Å². The monoisotopic (exact) mass is 394 g/mol. The highest BCUT2D eigenvalue weighted by atomic mass is 35.5. The zero-order valence-corrected chi connectivity index (χ0v) is 16.1. The van der Waals surface area contributed by atoms with Gasteiger partial charge in [-0.05, 0) is 49.4 Å². The zero-order chi connectivity index (χ0) is 18.7. The van der Waals surface area contributed by atoms with Crippen molar-refractivity contribution in [3.63, 3.8) is 0 Å². The number of hydrogen-bond acceptors (Lipinski definition) is 4. The fourth-order valence-corrected chi connectivity index (χ4v) is 3.12. The summed E-state index contributed by atoms with van der Waals surface area (Å²) >= 11 is 12.0. The van der Waals surface area contributed by atoms with Crippen LogP contribution in [0.4, 0.5) is 0 Å². The highest BCUT2D eigenvalue weighted by molar-refractivity contribution is 6.42. The Kier molecular flexibility index (Phi) is 5.91. The van der Waals surface area contributed by atoms with Gasteiger partial charge in [-0.15, -0.1) is 0 Å². The maximum absolute atomic E-state index is 12.3. The molecule has 0 saturated heterocycles. The van der Waals surface area contributed by atoms with Gasteiger partial charge in [0.25, 0.3) is 0 Å². The van der Waals surface area contributed by atoms with Crippen molar-refractivity contribution in [1.29, 1.82) is 0 Å². The molecule has 2 aromatic carbocycles. The van der Waals surface area contributed by atoms with Crippen molar-refractivity contribution in [3.05, 3.63) is 57.6 Å². The van der Waals surface area contributed by atoms with E-state index >= 15 is 0 Å². The van der Waals surface area contributed by atoms with E-state index in [1.807, 2.05) is 49.2 Å². The number of halogens is 2. The summed E-state index contributed by atoms with van der Waals surface area (Å²) in [6, 6.07) is 11.0. The normalized spacial score (nSPS) is 13.7. The molecule has 1 amide bonds. The molecule has 3 rings (SSSR count). The van der Waals surface area contributed by atoms with Gasteiger partial charge in [-0.3, -0.25) is 9.69 Å². The lowest BCUT2D eigenvalue weighted by molar-refractivity contribution is -0.122. The molecule has 0 unspecified atom stereocenters. The molecule has 0 radical (unpaired) electrons. The smallest absolute Gasteiger partial charge is 0.234 e. The topological polar surface area (TPSA) is 50.8 Å². The third-order valence-electron chi connectivity index (χ3n) is 4.12. The summed E-state index contributed by atoms with van der Waals surface area (Å²) in [5.41, 5.74) is 1.97. The Morgan fingerprint density at radius 3 is 2.69 bits per heavy atom. The predicted octanol–water partition coefficient (Wildman–Crippen LogP) is 4.03. The number of rotatable bonds is 6. The first-order valence-electron chi connectivity index (χ1n) is 8.24. The number of carbonyl (C=O) groups is 1. The number of nitrogens with zero attached hydrogens (tertiary/aromatic N) is 1. The Labute approximate surface area is 162 Å². The van der Waals surface area contributed by atoms with Crippen LogP contribution in [0.25, 0.3) is 0 Å². The summed E-state index contributed by atoms with van der Waals surface area (Å²) in [5, 5.41) is 4.03. The van der Waals surface area contributed by atoms with Crippen LogP contribution in [0.3, 0.4) is 0 Å². The van der Waals surface area contributed by atoms with Crippen molar-refractivity contribution in [2.24, 2.45) is 0 Å². The Balaban J connectivity index is 1.53. The van der Waals surface area contributed by atoms with E-state index in [1.165, 1.54) is 0 Å². The molecule has 138 valence electrons. The summed E-state index contributed by atoms with van der Waals surface area (Å²) in [6.07, 6.45) is 0. The average molecular weight is 395 g/mol. The van der Waals surface area contributed by atoms with Crippen molar-refractivity contribution in [2.45, 2.75) is 19.5 Å². The Bertz CT molecular complexity index is 813. The van der Waals surface area contributed by atoms with Gasteiger partial charge in [-0.2, -0.15) is 0 Å². The van der Waals surface area contributed by atoms with E-state index in [-0.39, 0.29) is 25.3 Å². The van der Waals surface area contributed by atoms with E-state index in [2.05, 4.69) is 5.32 Å². The second-order valence-electron chi connectivity index (χ2n) is 6.32. The molecule has 0 spiro atoms. The van der Waals surface area contributed by atoms with Gasteiger partial charge in [0.05, 0.1) is 22.6 Å². The molecule has 0 aromatic heterocycles. The van der Waals surface area contributed by atoms with Crippen molar-refractivity contribution in [3.8, 4) is 11.5 Å². The van der Waals surface area contributed by atoms with Crippen LogP contribution in [0.1, 0.15) is 24.1 Å². The summed E-state index contributed by atoms with van der Waals surface area (Å²) in [5.74, 6) is 1.38. The molecule has 1 atom stereocenters. The lowest BCUT2D eigenvalue weighted by Gasteiger charge is -2.19. The van der Waals surface area contributed by atoms with E-state index in [0.29, 0.717) is 22.3 Å². The molecule has 2 aromatic rings. The molecule has 1 N–H and O–H groups in total. The predicted molar refractivity (Wildman–Crippen MR) is 102 cm³/mol. The molecular formula is C19H20Cl2N2O3. The van der Waals surface area contributed by atoms with Crippen molar-refractivity contribution >= 4 is 29.1 Å². The van der Waals surface area contributed by atoms with Gasteiger partial charge in [0, 0.05) is 6.54 Å². The van der Waals surface area contributed by atoms with Crippen LogP contribution in [-0.4, -0.2) is 31.2 Å². The van der Waals surface area contributed by atoms with Crippen LogP contribution in [0.15, 0.2) is 36.4 Å². The fourth-order valence-electron chi connectivity index (χ4n) is 2.80. The molecule has 5 nitrogen and oxygen atoms in total. The lowest BCUT2D eigenvalue weighted by atomic mass is 10.1. The van der Waals surface area contributed by atoms with Gasteiger partial charge in [-0.25, -0.2) is 0 Å². The molecule has 0 aliphatic carbocycles. The number of ether oxygens (including phenoxy) is 2. The van der Waals surface area contributed by atoms with Crippen molar-refractivity contribution < 1.29 is 14.3 Å². The van der Waals surface area contributed by atoms with Gasteiger partial charge in [0.2, 0.25) is 12.7 Å². The first kappa shape index (κ1) is 18.8. The molecule has 1 heterocycles. The first-order valence-corrected chi connectivity index (χ1v) is 8.99. The maximum Gasteiger partial charge on any atom is 0.234 e. The number of fused-ring (bicyclic) bond motifs is 1. The fraction of sp³-hybridized carbons (Fsp3) is 0.316. The second-order valence-corrected chi connectivity index (χ2v) is 7.14. The van der Waals surface area contributed by atoms with Gasteiger partial charge in [0.1, 0.15) is 0 Å². The minimum atomic E-state index is -0.129. The molecule has 0 fully saturated rings. The second kappa shape index (κ2) is 8.16. The molecular weight excluding hydrogens is 375 g/mol. The van der Waals surface area contributed by atoms with E-state index in [9.17, 15) is 4.79 Å². The van der Waals surface area contributed by atoms with Gasteiger partial charge in [0.15, 0.2) is 11.5 Å². The SMILES string of the molecule is C[C@H](NC(=O)CN(C)Cc1ccc(Cl)c(Cl)c1)c1ccc2c(c1)OCO2. The van der Waals surface area contributed by atoms with E-state index in [1.54, 1.807) is 6.07 Å². The molecule has 0 bridgehead atoms. The Morgan fingerprint density at radius 1 is 1.15 bits per heavy atom. The first-order chi connectivity index (χ1) is 12.4. The highest BCUT2D eigenvalue weighted by Crippen LogP contribution is 2.34. The summed E-state index contributed by atoms with van der Waals surface area (Å²) in [6.45, 7) is 3.05. The largest absolute Gasteiger partial charge is 0.454 e. The van der Waals surface area contributed by atoms with Crippen LogP contribution in [0.5, 0.6) is 11.5 Å². The van der Waals surface area contributed by atoms with Crippen LogP contribution < -0.4 is 14.8 Å². The standard InChI is InChI=1S/C19H20Cl2N2O3/c1-12(14-4-6-17-18(8-14)26-11-25-17)22-19(24)10-23(2)9-13-3-5-15(20)16(21)7-13/h3-8,12H,9-11H2,1-2H3,(H,22,24)/t12-/m0/s1. The number of amides is 1. The summed E-state index contributed by atoms with van der Waals surface area (Å²) < 4.78 is 10.7. The van der Waals surface area contributed by atoms with E-state index in [4.69, 9.17) is 32.7 Å². The van der Waals surface area contributed by atoms with E-state index in [0.717, 1.165) is 16.9 Å². The minimum Gasteiger partial charge on any atom is -0.454 e. The Hall–Kier alpha value is -1.95. The third-order valence-corrected chi connectivity index (χ3v) is 4.86. The van der Waals surface area contributed by atoms with Crippen LogP contribution in [0, 0.1) is 0 Å². The summed E-state index contributed by atoms with van der Waals surface area (Å²) in [7, 11) is 1.88.